The number of halogens is 1. The number of amides is 1. The first kappa shape index (κ1) is 28.2. The maximum atomic E-state index is 12.1. The Morgan fingerprint density at radius 3 is 1.74 bits per heavy atom. The van der Waals surface area contributed by atoms with E-state index in [0.717, 1.165) is 23.5 Å². The third-order valence-electron chi connectivity index (χ3n) is 6.59. The van der Waals surface area contributed by atoms with E-state index in [1.54, 1.807) is 0 Å². The largest absolute Gasteiger partial charge is 0.541 e. The second-order valence-electron chi connectivity index (χ2n) is 12.0. The third-order valence-corrected chi connectivity index (χ3v) is 15.6. The second-order valence-corrected chi connectivity index (χ2v) is 23.4. The minimum absolute atomic E-state index is 0.0110. The zero-order valence-electron chi connectivity index (χ0n) is 21.7. The van der Waals surface area contributed by atoms with Crippen molar-refractivity contribution in [2.75, 3.05) is 6.54 Å². The average Bonchev–Trinajstić information content (AvgIpc) is 2.53. The third kappa shape index (κ3) is 7.93. The lowest BCUT2D eigenvalue weighted by atomic mass is 10.1. The first-order valence-electron chi connectivity index (χ1n) is 11.2. The number of hydrogen-bond donors (Lipinski definition) is 1. The van der Waals surface area contributed by atoms with Crippen LogP contribution in [0.4, 0.5) is 0 Å². The van der Waals surface area contributed by atoms with Crippen LogP contribution in [0.25, 0.3) is 0 Å². The maximum absolute atomic E-state index is 12.1. The molecule has 0 unspecified atom stereocenters. The average molecular weight is 531 g/mol. The van der Waals surface area contributed by atoms with E-state index in [2.05, 4.69) is 107 Å². The maximum Gasteiger partial charge on any atom is 0.250 e. The standard InChI is InChI=1S/C24H44BrNO3Si2/c1-22(2,3)30(9,10)28-19-14-13-18(15-16-26-21(27)24(7,8)25)17-20(19)29-31(11,12)23(4,5)6/h13-14,17H,15-16H2,1-12H3,(H,26,27). The smallest absolute Gasteiger partial charge is 0.250 e. The number of rotatable bonds is 8. The Hall–Kier alpha value is -0.796. The summed E-state index contributed by atoms with van der Waals surface area (Å²) in [6.07, 6.45) is 0.739. The van der Waals surface area contributed by atoms with Crippen molar-refractivity contribution in [1.29, 1.82) is 0 Å². The molecule has 0 saturated carbocycles. The highest BCUT2D eigenvalue weighted by atomic mass is 79.9. The fourth-order valence-corrected chi connectivity index (χ4v) is 4.44. The molecule has 0 atom stereocenters. The van der Waals surface area contributed by atoms with Gasteiger partial charge in [0.15, 0.2) is 0 Å². The number of nitrogens with one attached hydrogen (secondary N) is 1. The molecular formula is C24H44BrNO3Si2. The van der Waals surface area contributed by atoms with E-state index in [1.807, 2.05) is 13.8 Å². The number of benzene rings is 1. The monoisotopic (exact) mass is 529 g/mol. The van der Waals surface area contributed by atoms with Crippen molar-refractivity contribution in [2.24, 2.45) is 0 Å². The summed E-state index contributed by atoms with van der Waals surface area (Å²) in [6, 6.07) is 6.25. The lowest BCUT2D eigenvalue weighted by molar-refractivity contribution is -0.122. The predicted molar refractivity (Wildman–Crippen MR) is 142 cm³/mol. The van der Waals surface area contributed by atoms with Crippen molar-refractivity contribution < 1.29 is 13.6 Å². The number of carbonyl (C=O) groups excluding carboxylic acids is 1. The lowest BCUT2D eigenvalue weighted by Gasteiger charge is -2.39. The molecule has 0 aliphatic rings. The molecule has 4 nitrogen and oxygen atoms in total. The van der Waals surface area contributed by atoms with Crippen LogP contribution in [0, 0.1) is 0 Å². The van der Waals surface area contributed by atoms with E-state index >= 15 is 0 Å². The van der Waals surface area contributed by atoms with Crippen LogP contribution in [0.2, 0.25) is 36.3 Å². The van der Waals surface area contributed by atoms with E-state index in [9.17, 15) is 4.79 Å². The molecule has 0 fully saturated rings. The molecule has 31 heavy (non-hydrogen) atoms. The van der Waals surface area contributed by atoms with Crippen molar-refractivity contribution in [3.63, 3.8) is 0 Å². The molecule has 0 aliphatic heterocycles. The molecule has 7 heteroatoms. The van der Waals surface area contributed by atoms with E-state index in [1.165, 1.54) is 0 Å². The highest BCUT2D eigenvalue weighted by Crippen LogP contribution is 2.43. The first-order chi connectivity index (χ1) is 13.7. The molecule has 0 aromatic heterocycles. The summed E-state index contributed by atoms with van der Waals surface area (Å²) in [5, 5.41) is 3.19. The van der Waals surface area contributed by atoms with Crippen molar-refractivity contribution in [3.05, 3.63) is 23.8 Å². The van der Waals surface area contributed by atoms with Crippen LogP contribution >= 0.6 is 15.9 Å². The van der Waals surface area contributed by atoms with Gasteiger partial charge in [0.2, 0.25) is 5.91 Å². The Balaban J connectivity index is 3.20. The van der Waals surface area contributed by atoms with Crippen LogP contribution < -0.4 is 14.2 Å². The molecule has 0 saturated heterocycles. The van der Waals surface area contributed by atoms with Gasteiger partial charge in [-0.05, 0) is 74.2 Å². The van der Waals surface area contributed by atoms with E-state index in [-0.39, 0.29) is 16.0 Å². The minimum Gasteiger partial charge on any atom is -0.541 e. The molecule has 1 aromatic rings. The second kappa shape index (κ2) is 9.60. The van der Waals surface area contributed by atoms with Crippen LogP contribution in [-0.4, -0.2) is 33.4 Å². The van der Waals surface area contributed by atoms with E-state index in [0.29, 0.717) is 6.54 Å². The van der Waals surface area contributed by atoms with Crippen LogP contribution in [0.15, 0.2) is 18.2 Å². The van der Waals surface area contributed by atoms with Crippen LogP contribution in [-0.2, 0) is 11.2 Å². The summed E-state index contributed by atoms with van der Waals surface area (Å²) in [4.78, 5) is 12.1. The van der Waals surface area contributed by atoms with Gasteiger partial charge in [-0.3, -0.25) is 4.79 Å². The van der Waals surface area contributed by atoms with Crippen LogP contribution in [0.3, 0.4) is 0 Å². The Morgan fingerprint density at radius 2 is 1.32 bits per heavy atom. The number of carbonyl (C=O) groups is 1. The van der Waals surface area contributed by atoms with Crippen molar-refractivity contribution in [3.8, 4) is 11.5 Å². The SMILES string of the molecule is CC(C)(Br)C(=O)NCCc1ccc(O[Si](C)(C)C(C)(C)C)c(O[Si](C)(C)C(C)(C)C)c1. The summed E-state index contributed by atoms with van der Waals surface area (Å²) in [5.74, 6) is 1.66. The van der Waals surface area contributed by atoms with Gasteiger partial charge in [-0.1, -0.05) is 63.5 Å². The quantitative estimate of drug-likeness (QED) is 0.284. The van der Waals surface area contributed by atoms with Gasteiger partial charge < -0.3 is 14.2 Å². The zero-order chi connectivity index (χ0) is 24.5. The molecule has 178 valence electrons. The van der Waals surface area contributed by atoms with Gasteiger partial charge in [0.25, 0.3) is 16.6 Å². The highest BCUT2D eigenvalue weighted by Gasteiger charge is 2.42. The molecule has 0 radical (unpaired) electrons. The minimum atomic E-state index is -2.04. The van der Waals surface area contributed by atoms with Gasteiger partial charge in [-0.15, -0.1) is 0 Å². The van der Waals surface area contributed by atoms with Gasteiger partial charge in [-0.25, -0.2) is 0 Å². The summed E-state index contributed by atoms with van der Waals surface area (Å²) in [7, 11) is -4.04. The predicted octanol–water partition coefficient (Wildman–Crippen LogP) is 7.29. The molecule has 1 N–H and O–H groups in total. The molecule has 0 bridgehead atoms. The number of alkyl halides is 1. The van der Waals surface area contributed by atoms with E-state index < -0.39 is 21.0 Å². The lowest BCUT2D eigenvalue weighted by Crippen LogP contribution is -2.45. The summed E-state index contributed by atoms with van der Waals surface area (Å²) >= 11 is 3.41. The molecule has 1 amide bonds. The molecule has 1 rings (SSSR count). The zero-order valence-corrected chi connectivity index (χ0v) is 25.3. The molecule has 0 aliphatic carbocycles. The van der Waals surface area contributed by atoms with Crippen LogP contribution in [0.1, 0.15) is 61.0 Å². The van der Waals surface area contributed by atoms with Gasteiger partial charge in [0.05, 0.1) is 4.32 Å². The fraction of sp³-hybridized carbons (Fsp3) is 0.708. The summed E-state index contributed by atoms with van der Waals surface area (Å²) < 4.78 is 12.8. The van der Waals surface area contributed by atoms with Crippen molar-refractivity contribution in [2.45, 2.75) is 102 Å². The van der Waals surface area contributed by atoms with E-state index in [4.69, 9.17) is 8.85 Å². The van der Waals surface area contributed by atoms with Gasteiger partial charge >= 0.3 is 0 Å². The Labute approximate surface area is 201 Å². The molecular weight excluding hydrogens is 486 g/mol. The summed E-state index contributed by atoms with van der Waals surface area (Å²) in [6.45, 7) is 26.8. The normalized spacial score (nSPS) is 13.7. The van der Waals surface area contributed by atoms with Crippen LogP contribution in [0.5, 0.6) is 11.5 Å². The number of hydrogen-bond acceptors (Lipinski definition) is 3. The van der Waals surface area contributed by atoms with Crippen molar-refractivity contribution >= 4 is 38.5 Å². The van der Waals surface area contributed by atoms with Gasteiger partial charge in [0, 0.05) is 6.54 Å². The first-order valence-corrected chi connectivity index (χ1v) is 17.8. The van der Waals surface area contributed by atoms with Gasteiger partial charge in [0.1, 0.15) is 11.5 Å². The topological polar surface area (TPSA) is 47.6 Å². The molecule has 1 aromatic carbocycles. The van der Waals surface area contributed by atoms with Gasteiger partial charge in [-0.2, -0.15) is 0 Å². The highest BCUT2D eigenvalue weighted by molar-refractivity contribution is 9.10. The Bertz CT molecular complexity index is 772. The molecule has 0 spiro atoms. The Morgan fingerprint density at radius 1 is 0.871 bits per heavy atom. The van der Waals surface area contributed by atoms with Crippen molar-refractivity contribution in [1.82, 2.24) is 5.32 Å². The summed E-state index contributed by atoms with van der Waals surface area (Å²) in [5.41, 5.74) is 1.13. The molecule has 0 heterocycles. The fourth-order valence-electron chi connectivity index (χ4n) is 2.26. The Kier molecular flexibility index (Phi) is 8.74.